The fourth-order valence-corrected chi connectivity index (χ4v) is 2.13. The van der Waals surface area contributed by atoms with Gasteiger partial charge >= 0.3 is 5.69 Å². The molecule has 1 unspecified atom stereocenters. The fourth-order valence-electron chi connectivity index (χ4n) is 1.30. The van der Waals surface area contributed by atoms with Crippen LogP contribution in [0.15, 0.2) is 0 Å². The van der Waals surface area contributed by atoms with Gasteiger partial charge in [0.15, 0.2) is 0 Å². The lowest BCUT2D eigenvalue weighted by Crippen LogP contribution is -2.14. The second kappa shape index (κ2) is 6.60. The molecule has 0 bridgehead atoms. The highest BCUT2D eigenvalue weighted by atomic mass is 35.5. The SMILES string of the molecule is CCS(=O)CCNc1nc(Cl)nc(C)c1[N+](=O)[O-]. The van der Waals surface area contributed by atoms with Crippen LogP contribution in [0.3, 0.4) is 0 Å². The number of nitro groups is 1. The fraction of sp³-hybridized carbons (Fsp3) is 0.556. The van der Waals surface area contributed by atoms with Crippen molar-refractivity contribution < 1.29 is 9.13 Å². The number of hydrogen-bond acceptors (Lipinski definition) is 6. The van der Waals surface area contributed by atoms with E-state index >= 15 is 0 Å². The minimum absolute atomic E-state index is 0.0581. The van der Waals surface area contributed by atoms with Gasteiger partial charge in [-0.2, -0.15) is 4.98 Å². The van der Waals surface area contributed by atoms with Crippen LogP contribution >= 0.6 is 11.6 Å². The Morgan fingerprint density at radius 2 is 2.17 bits per heavy atom. The molecule has 9 heteroatoms. The number of nitrogens with zero attached hydrogens (tertiary/aromatic N) is 3. The molecule has 0 aliphatic carbocycles. The third-order valence-corrected chi connectivity index (χ3v) is 3.63. The van der Waals surface area contributed by atoms with E-state index in [1.54, 1.807) is 0 Å². The van der Waals surface area contributed by atoms with Gasteiger partial charge in [-0.3, -0.25) is 14.3 Å². The number of nitrogens with one attached hydrogen (secondary N) is 1. The second-order valence-corrected chi connectivity index (χ2v) is 5.60. The molecule has 0 radical (unpaired) electrons. The average molecular weight is 293 g/mol. The summed E-state index contributed by atoms with van der Waals surface area (Å²) in [5.74, 6) is 1.01. The van der Waals surface area contributed by atoms with E-state index in [2.05, 4.69) is 15.3 Å². The number of hydrogen-bond donors (Lipinski definition) is 1. The molecule has 1 N–H and O–H groups in total. The quantitative estimate of drug-likeness (QED) is 0.485. The molecule has 0 spiro atoms. The standard InChI is InChI=1S/C9H13ClN4O3S/c1-3-18(17)5-4-11-8-7(14(15)16)6(2)12-9(10)13-8/h3-5H2,1-2H3,(H,11,12,13). The van der Waals surface area contributed by atoms with Crippen LogP contribution in [0.4, 0.5) is 11.5 Å². The first-order chi connectivity index (χ1) is 8.45. The smallest absolute Gasteiger partial charge is 0.332 e. The van der Waals surface area contributed by atoms with Gasteiger partial charge in [0.1, 0.15) is 5.69 Å². The van der Waals surface area contributed by atoms with Gasteiger partial charge in [0.25, 0.3) is 0 Å². The molecule has 0 saturated heterocycles. The Bertz CT molecular complexity index is 483. The van der Waals surface area contributed by atoms with Crippen LogP contribution in [0.2, 0.25) is 5.28 Å². The van der Waals surface area contributed by atoms with Crippen molar-refractivity contribution in [2.24, 2.45) is 0 Å². The van der Waals surface area contributed by atoms with Crippen molar-refractivity contribution in [3.05, 3.63) is 21.1 Å². The summed E-state index contributed by atoms with van der Waals surface area (Å²) in [4.78, 5) is 17.8. The van der Waals surface area contributed by atoms with Crippen LogP contribution in [-0.2, 0) is 10.8 Å². The Kier molecular flexibility index (Phi) is 5.42. The van der Waals surface area contributed by atoms with Crippen molar-refractivity contribution in [3.63, 3.8) is 0 Å². The molecule has 0 amide bonds. The first kappa shape index (κ1) is 14.8. The highest BCUT2D eigenvalue weighted by molar-refractivity contribution is 7.84. The monoisotopic (exact) mass is 292 g/mol. The van der Waals surface area contributed by atoms with Crippen molar-refractivity contribution >= 4 is 33.9 Å². The lowest BCUT2D eigenvalue weighted by molar-refractivity contribution is -0.385. The zero-order chi connectivity index (χ0) is 13.7. The maximum atomic E-state index is 11.2. The van der Waals surface area contributed by atoms with Gasteiger partial charge in [0.2, 0.25) is 11.1 Å². The number of aromatic nitrogens is 2. The van der Waals surface area contributed by atoms with Crippen molar-refractivity contribution in [2.45, 2.75) is 13.8 Å². The maximum absolute atomic E-state index is 11.2. The topological polar surface area (TPSA) is 98.0 Å². The molecule has 0 fully saturated rings. The van der Waals surface area contributed by atoms with Crippen molar-refractivity contribution in [1.82, 2.24) is 9.97 Å². The molecule has 0 aliphatic rings. The largest absolute Gasteiger partial charge is 0.363 e. The summed E-state index contributed by atoms with van der Waals surface area (Å²) in [5.41, 5.74) is -0.0132. The first-order valence-corrected chi connectivity index (χ1v) is 7.09. The average Bonchev–Trinajstić information content (AvgIpc) is 2.27. The normalized spacial score (nSPS) is 12.2. The summed E-state index contributed by atoms with van der Waals surface area (Å²) < 4.78 is 11.2. The highest BCUT2D eigenvalue weighted by Crippen LogP contribution is 2.26. The van der Waals surface area contributed by atoms with Crippen LogP contribution in [0.1, 0.15) is 12.6 Å². The van der Waals surface area contributed by atoms with Gasteiger partial charge in [0.05, 0.1) is 4.92 Å². The van der Waals surface area contributed by atoms with Gasteiger partial charge in [0, 0.05) is 28.9 Å². The molecular formula is C9H13ClN4O3S. The van der Waals surface area contributed by atoms with Gasteiger partial charge in [-0.15, -0.1) is 0 Å². The third kappa shape index (κ3) is 3.88. The molecule has 0 aliphatic heterocycles. The zero-order valence-electron chi connectivity index (χ0n) is 9.97. The van der Waals surface area contributed by atoms with Crippen LogP contribution in [0.25, 0.3) is 0 Å². The van der Waals surface area contributed by atoms with Crippen LogP contribution in [-0.4, -0.2) is 37.2 Å². The number of aryl methyl sites for hydroxylation is 1. The lowest BCUT2D eigenvalue weighted by Gasteiger charge is -2.07. The minimum atomic E-state index is -0.937. The predicted octanol–water partition coefficient (Wildman–Crippen LogP) is 1.53. The Hall–Kier alpha value is -1.28. The van der Waals surface area contributed by atoms with Gasteiger partial charge in [-0.1, -0.05) is 6.92 Å². The van der Waals surface area contributed by atoms with E-state index < -0.39 is 15.7 Å². The van der Waals surface area contributed by atoms with E-state index in [9.17, 15) is 14.3 Å². The molecule has 18 heavy (non-hydrogen) atoms. The Balaban J connectivity index is 2.87. The first-order valence-electron chi connectivity index (χ1n) is 5.23. The van der Waals surface area contributed by atoms with Crippen LogP contribution < -0.4 is 5.32 Å². The van der Waals surface area contributed by atoms with Crippen molar-refractivity contribution in [1.29, 1.82) is 0 Å². The molecule has 0 aromatic carbocycles. The predicted molar refractivity (Wildman–Crippen MR) is 70.5 cm³/mol. The summed E-state index contributed by atoms with van der Waals surface area (Å²) in [6.45, 7) is 3.62. The van der Waals surface area contributed by atoms with E-state index in [-0.39, 0.29) is 22.5 Å². The van der Waals surface area contributed by atoms with Crippen molar-refractivity contribution in [2.75, 3.05) is 23.4 Å². The Morgan fingerprint density at radius 1 is 1.50 bits per heavy atom. The summed E-state index contributed by atoms with van der Waals surface area (Å²) >= 11 is 5.65. The Morgan fingerprint density at radius 3 is 2.72 bits per heavy atom. The Labute approximate surface area is 112 Å². The molecule has 1 rings (SSSR count). The van der Waals surface area contributed by atoms with E-state index in [1.807, 2.05) is 6.92 Å². The van der Waals surface area contributed by atoms with Gasteiger partial charge in [-0.05, 0) is 18.5 Å². The van der Waals surface area contributed by atoms with Crippen LogP contribution in [0, 0.1) is 17.0 Å². The molecular weight excluding hydrogens is 280 g/mol. The van der Waals surface area contributed by atoms with Crippen LogP contribution in [0.5, 0.6) is 0 Å². The van der Waals surface area contributed by atoms with E-state index in [0.717, 1.165) is 0 Å². The van der Waals surface area contributed by atoms with Crippen molar-refractivity contribution in [3.8, 4) is 0 Å². The van der Waals surface area contributed by atoms with Gasteiger partial charge in [-0.25, -0.2) is 4.98 Å². The van der Waals surface area contributed by atoms with E-state index in [4.69, 9.17) is 11.6 Å². The van der Waals surface area contributed by atoms with Gasteiger partial charge < -0.3 is 5.32 Å². The molecule has 100 valence electrons. The molecule has 0 saturated carbocycles. The van der Waals surface area contributed by atoms with E-state index in [1.165, 1.54) is 6.92 Å². The second-order valence-electron chi connectivity index (χ2n) is 3.39. The third-order valence-electron chi connectivity index (χ3n) is 2.16. The summed E-state index contributed by atoms with van der Waals surface area (Å²) in [6.07, 6.45) is 0. The summed E-state index contributed by atoms with van der Waals surface area (Å²) in [6, 6.07) is 0. The summed E-state index contributed by atoms with van der Waals surface area (Å²) in [5, 5.41) is 13.6. The molecule has 1 aromatic rings. The maximum Gasteiger partial charge on any atom is 0.332 e. The molecule has 7 nitrogen and oxygen atoms in total. The summed E-state index contributed by atoms with van der Waals surface area (Å²) in [7, 11) is -0.937. The highest BCUT2D eigenvalue weighted by Gasteiger charge is 2.21. The lowest BCUT2D eigenvalue weighted by atomic mass is 10.3. The molecule has 1 aromatic heterocycles. The van der Waals surface area contributed by atoms with E-state index in [0.29, 0.717) is 18.1 Å². The molecule has 1 heterocycles. The number of anilines is 1. The number of halogens is 1. The number of rotatable bonds is 6. The minimum Gasteiger partial charge on any atom is -0.363 e. The molecule has 1 atom stereocenters. The zero-order valence-corrected chi connectivity index (χ0v) is 11.5.